The Kier molecular flexibility index (Phi) is 4.45. The van der Waals surface area contributed by atoms with Crippen LogP contribution in [0.15, 0.2) is 36.7 Å². The van der Waals surface area contributed by atoms with E-state index < -0.39 is 5.82 Å². The number of rotatable bonds is 3. The predicted molar refractivity (Wildman–Crippen MR) is 108 cm³/mol. The third-order valence-electron chi connectivity index (χ3n) is 5.81. The zero-order valence-electron chi connectivity index (χ0n) is 16.9. The van der Waals surface area contributed by atoms with Crippen LogP contribution >= 0.6 is 0 Å². The van der Waals surface area contributed by atoms with E-state index in [-0.39, 0.29) is 23.6 Å². The standard InChI is InChI=1S/C21H22FN7O/c1-13-10-14(2)26-21(25-13)27-11-15-6-7-16(12-27)28(15)20(30)19-17(22)4-3-5-18(19)29-23-8-9-24-29/h3-5,8-10,15-16H,6-7,11-12H2,1-2H3. The quantitative estimate of drug-likeness (QED) is 0.663. The number of carbonyl (C=O) groups excluding carboxylic acids is 1. The number of anilines is 1. The summed E-state index contributed by atoms with van der Waals surface area (Å²) in [6.45, 7) is 5.18. The van der Waals surface area contributed by atoms with Gasteiger partial charge in [-0.15, -0.1) is 0 Å². The van der Waals surface area contributed by atoms with Crippen LogP contribution in [0.5, 0.6) is 0 Å². The van der Waals surface area contributed by atoms with Crippen LogP contribution in [-0.4, -0.2) is 60.9 Å². The molecule has 8 nitrogen and oxygen atoms in total. The molecular formula is C21H22FN7O. The first-order valence-corrected chi connectivity index (χ1v) is 10.1. The summed E-state index contributed by atoms with van der Waals surface area (Å²) in [6, 6.07) is 6.45. The molecule has 3 aromatic rings. The molecule has 2 aliphatic heterocycles. The molecule has 2 atom stereocenters. The summed E-state index contributed by atoms with van der Waals surface area (Å²) in [6.07, 6.45) is 4.76. The lowest BCUT2D eigenvalue weighted by Gasteiger charge is -2.41. The Labute approximate surface area is 173 Å². The fraction of sp³-hybridized carbons (Fsp3) is 0.381. The summed E-state index contributed by atoms with van der Waals surface area (Å²) >= 11 is 0. The van der Waals surface area contributed by atoms with Crippen LogP contribution in [0, 0.1) is 19.7 Å². The van der Waals surface area contributed by atoms with Gasteiger partial charge in [0.25, 0.3) is 5.91 Å². The zero-order valence-corrected chi connectivity index (χ0v) is 16.9. The number of piperazine rings is 1. The van der Waals surface area contributed by atoms with Gasteiger partial charge in [0.15, 0.2) is 0 Å². The molecular weight excluding hydrogens is 385 g/mol. The number of benzene rings is 1. The van der Waals surface area contributed by atoms with E-state index in [1.807, 2.05) is 24.8 Å². The van der Waals surface area contributed by atoms with E-state index in [0.29, 0.717) is 24.7 Å². The number of hydrogen-bond acceptors (Lipinski definition) is 6. The largest absolute Gasteiger partial charge is 0.337 e. The second kappa shape index (κ2) is 7.16. The molecule has 154 valence electrons. The molecule has 4 heterocycles. The Morgan fingerprint density at radius 1 is 1.03 bits per heavy atom. The number of aromatic nitrogens is 5. The molecule has 30 heavy (non-hydrogen) atoms. The van der Waals surface area contributed by atoms with Crippen molar-refractivity contribution in [2.24, 2.45) is 0 Å². The van der Waals surface area contributed by atoms with Crippen LogP contribution < -0.4 is 4.90 Å². The van der Waals surface area contributed by atoms with Crippen molar-refractivity contribution >= 4 is 11.9 Å². The smallest absolute Gasteiger partial charge is 0.259 e. The Morgan fingerprint density at radius 2 is 1.67 bits per heavy atom. The van der Waals surface area contributed by atoms with Gasteiger partial charge < -0.3 is 9.80 Å². The number of hydrogen-bond donors (Lipinski definition) is 0. The molecule has 9 heteroatoms. The van der Waals surface area contributed by atoms with Crippen LogP contribution in [0.3, 0.4) is 0 Å². The van der Waals surface area contributed by atoms with Gasteiger partial charge in [-0.3, -0.25) is 4.79 Å². The van der Waals surface area contributed by atoms with Crippen LogP contribution in [0.2, 0.25) is 0 Å². The second-order valence-corrected chi connectivity index (χ2v) is 7.91. The van der Waals surface area contributed by atoms with E-state index in [2.05, 4.69) is 25.1 Å². The molecule has 0 N–H and O–H groups in total. The van der Waals surface area contributed by atoms with Crippen molar-refractivity contribution < 1.29 is 9.18 Å². The lowest BCUT2D eigenvalue weighted by atomic mass is 10.1. The minimum absolute atomic E-state index is 0.0151. The maximum absolute atomic E-state index is 14.8. The molecule has 2 aromatic heterocycles. The van der Waals surface area contributed by atoms with Gasteiger partial charge >= 0.3 is 0 Å². The van der Waals surface area contributed by atoms with Crippen molar-refractivity contribution in [2.45, 2.75) is 38.8 Å². The summed E-state index contributed by atoms with van der Waals surface area (Å²) in [4.78, 5) is 27.9. The molecule has 2 bridgehead atoms. The molecule has 2 unspecified atom stereocenters. The second-order valence-electron chi connectivity index (χ2n) is 7.91. The molecule has 0 aliphatic carbocycles. The lowest BCUT2D eigenvalue weighted by molar-refractivity contribution is 0.0635. The van der Waals surface area contributed by atoms with Crippen LogP contribution in [0.4, 0.5) is 10.3 Å². The SMILES string of the molecule is Cc1cc(C)nc(N2CC3CCC(C2)N3C(=O)c2c(F)cccc2-n2nccn2)n1. The fourth-order valence-electron chi connectivity index (χ4n) is 4.61. The maximum Gasteiger partial charge on any atom is 0.259 e. The highest BCUT2D eigenvalue weighted by Crippen LogP contribution is 2.34. The topological polar surface area (TPSA) is 80.0 Å². The van der Waals surface area contributed by atoms with Crippen molar-refractivity contribution in [3.05, 3.63) is 59.4 Å². The molecule has 1 aromatic carbocycles. The summed E-state index contributed by atoms with van der Waals surface area (Å²) in [5, 5.41) is 8.16. The zero-order chi connectivity index (χ0) is 20.8. The maximum atomic E-state index is 14.8. The molecule has 2 aliphatic rings. The number of amides is 1. The minimum Gasteiger partial charge on any atom is -0.337 e. The average Bonchev–Trinajstić information content (AvgIpc) is 3.33. The minimum atomic E-state index is -0.561. The molecule has 2 saturated heterocycles. The van der Waals surface area contributed by atoms with E-state index in [0.717, 1.165) is 24.2 Å². The van der Waals surface area contributed by atoms with Crippen LogP contribution in [-0.2, 0) is 0 Å². The van der Waals surface area contributed by atoms with Crippen molar-refractivity contribution in [3.8, 4) is 5.69 Å². The molecule has 0 spiro atoms. The highest BCUT2D eigenvalue weighted by Gasteiger charge is 2.44. The average molecular weight is 407 g/mol. The third kappa shape index (κ3) is 3.10. The number of aryl methyl sites for hydroxylation is 2. The summed E-state index contributed by atoms with van der Waals surface area (Å²) in [5.74, 6) is -0.174. The number of halogens is 1. The first kappa shape index (κ1) is 18.7. The van der Waals surface area contributed by atoms with E-state index in [9.17, 15) is 9.18 Å². The van der Waals surface area contributed by atoms with E-state index in [1.165, 1.54) is 23.3 Å². The highest BCUT2D eigenvalue weighted by atomic mass is 19.1. The normalized spacial score (nSPS) is 20.6. The first-order chi connectivity index (χ1) is 14.5. The number of carbonyl (C=O) groups is 1. The molecule has 5 rings (SSSR count). The summed E-state index contributed by atoms with van der Waals surface area (Å²) in [5.41, 5.74) is 2.21. The van der Waals surface area contributed by atoms with Gasteiger partial charge in [0.2, 0.25) is 5.95 Å². The van der Waals surface area contributed by atoms with Crippen molar-refractivity contribution in [3.63, 3.8) is 0 Å². The third-order valence-corrected chi connectivity index (χ3v) is 5.81. The van der Waals surface area contributed by atoms with Crippen molar-refractivity contribution in [1.82, 2.24) is 29.9 Å². The van der Waals surface area contributed by atoms with Crippen LogP contribution in [0.1, 0.15) is 34.6 Å². The van der Waals surface area contributed by atoms with Gasteiger partial charge in [-0.2, -0.15) is 15.0 Å². The van der Waals surface area contributed by atoms with Gasteiger partial charge in [0, 0.05) is 24.5 Å². The Bertz CT molecular complexity index is 1070. The number of fused-ring (bicyclic) bond motifs is 2. The molecule has 2 fully saturated rings. The first-order valence-electron chi connectivity index (χ1n) is 10.1. The molecule has 0 radical (unpaired) electrons. The Balaban J connectivity index is 1.46. The van der Waals surface area contributed by atoms with Crippen molar-refractivity contribution in [1.29, 1.82) is 0 Å². The van der Waals surface area contributed by atoms with Crippen molar-refractivity contribution in [2.75, 3.05) is 18.0 Å². The van der Waals surface area contributed by atoms with Gasteiger partial charge in [0.1, 0.15) is 17.1 Å². The van der Waals surface area contributed by atoms with Gasteiger partial charge in [0.05, 0.1) is 24.5 Å². The van der Waals surface area contributed by atoms with Gasteiger partial charge in [-0.05, 0) is 44.9 Å². The molecule has 1 amide bonds. The van der Waals surface area contributed by atoms with Gasteiger partial charge in [-0.1, -0.05) is 6.07 Å². The summed E-state index contributed by atoms with van der Waals surface area (Å²) in [7, 11) is 0. The van der Waals surface area contributed by atoms with Gasteiger partial charge in [-0.25, -0.2) is 14.4 Å². The fourth-order valence-corrected chi connectivity index (χ4v) is 4.61. The Morgan fingerprint density at radius 3 is 2.30 bits per heavy atom. The number of nitrogens with zero attached hydrogens (tertiary/aromatic N) is 7. The van der Waals surface area contributed by atoms with E-state index in [4.69, 9.17) is 0 Å². The van der Waals surface area contributed by atoms with Crippen LogP contribution in [0.25, 0.3) is 5.69 Å². The summed E-state index contributed by atoms with van der Waals surface area (Å²) < 4.78 is 14.8. The van der Waals surface area contributed by atoms with E-state index >= 15 is 0 Å². The molecule has 0 saturated carbocycles. The lowest BCUT2D eigenvalue weighted by Crippen LogP contribution is -2.56. The monoisotopic (exact) mass is 407 g/mol. The predicted octanol–water partition coefficient (Wildman–Crippen LogP) is 2.31. The highest BCUT2D eigenvalue weighted by molar-refractivity contribution is 5.98. The van der Waals surface area contributed by atoms with E-state index in [1.54, 1.807) is 12.1 Å². The Hall–Kier alpha value is -3.36.